The maximum absolute atomic E-state index is 13.1. The Morgan fingerprint density at radius 1 is 1.03 bits per heavy atom. The number of benzene rings is 3. The van der Waals surface area contributed by atoms with Crippen molar-refractivity contribution in [3.63, 3.8) is 0 Å². The number of carbonyl (C=O) groups is 1. The van der Waals surface area contributed by atoms with Gasteiger partial charge in [0.1, 0.15) is 12.4 Å². The Bertz CT molecular complexity index is 1400. The molecule has 0 bridgehead atoms. The Morgan fingerprint density at radius 3 is 2.56 bits per heavy atom. The van der Waals surface area contributed by atoms with Crippen LogP contribution in [0.25, 0.3) is 33.9 Å². The summed E-state index contributed by atoms with van der Waals surface area (Å²) in [7, 11) is 0. The van der Waals surface area contributed by atoms with Gasteiger partial charge in [-0.2, -0.15) is 10.1 Å². The molecule has 1 N–H and O–H groups in total. The van der Waals surface area contributed by atoms with Crippen molar-refractivity contribution >= 4 is 22.5 Å². The summed E-state index contributed by atoms with van der Waals surface area (Å²) in [4.78, 5) is 17.1. The number of aromatic nitrogens is 4. The van der Waals surface area contributed by atoms with E-state index in [9.17, 15) is 9.18 Å². The van der Waals surface area contributed by atoms with E-state index in [2.05, 4.69) is 20.6 Å². The van der Waals surface area contributed by atoms with Gasteiger partial charge in [0, 0.05) is 16.6 Å². The van der Waals surface area contributed by atoms with Gasteiger partial charge in [-0.15, -0.1) is 0 Å². The van der Waals surface area contributed by atoms with Gasteiger partial charge >= 0.3 is 0 Å². The lowest BCUT2D eigenvalue weighted by molar-refractivity contribution is -0.116. The zero-order chi connectivity index (χ0) is 22.1. The number of nitrogens with one attached hydrogen (secondary N) is 1. The number of amides is 1. The van der Waals surface area contributed by atoms with Crippen molar-refractivity contribution in [3.05, 3.63) is 84.2 Å². The topological polar surface area (TPSA) is 85.8 Å². The number of nitrogens with zero attached hydrogens (tertiary/aromatic N) is 4. The molecule has 0 aliphatic rings. The highest BCUT2D eigenvalue weighted by Gasteiger charge is 2.19. The van der Waals surface area contributed by atoms with Gasteiger partial charge < -0.3 is 9.84 Å². The van der Waals surface area contributed by atoms with Crippen LogP contribution in [0.5, 0.6) is 0 Å². The minimum absolute atomic E-state index is 0.0309. The SMILES string of the molecule is Cc1ccc(-c2noc(-c3nn(CC(=O)Nc4ccc(F)cc4)c4ccccc34)n2)cc1. The van der Waals surface area contributed by atoms with Crippen LogP contribution in [-0.4, -0.2) is 25.8 Å². The first-order chi connectivity index (χ1) is 15.6. The normalized spacial score (nSPS) is 11.1. The van der Waals surface area contributed by atoms with Crippen LogP contribution in [0.15, 0.2) is 77.3 Å². The summed E-state index contributed by atoms with van der Waals surface area (Å²) in [5.74, 6) is 0.0831. The van der Waals surface area contributed by atoms with Gasteiger partial charge in [-0.05, 0) is 37.3 Å². The second kappa shape index (κ2) is 8.07. The Hall–Kier alpha value is -4.33. The number of hydrogen-bond donors (Lipinski definition) is 1. The van der Waals surface area contributed by atoms with Gasteiger partial charge in [-0.25, -0.2) is 4.39 Å². The molecule has 0 atom stereocenters. The maximum Gasteiger partial charge on any atom is 0.279 e. The lowest BCUT2D eigenvalue weighted by Gasteiger charge is -2.06. The van der Waals surface area contributed by atoms with Crippen LogP contribution in [0.3, 0.4) is 0 Å². The summed E-state index contributed by atoms with van der Waals surface area (Å²) in [6.45, 7) is 1.98. The molecule has 0 spiro atoms. The number of para-hydroxylation sites is 1. The third-order valence-electron chi connectivity index (χ3n) is 5.02. The van der Waals surface area contributed by atoms with Crippen LogP contribution in [0.4, 0.5) is 10.1 Å². The summed E-state index contributed by atoms with van der Waals surface area (Å²) in [5.41, 5.74) is 3.75. The van der Waals surface area contributed by atoms with Crippen LogP contribution < -0.4 is 5.32 Å². The van der Waals surface area contributed by atoms with Crippen molar-refractivity contribution < 1.29 is 13.7 Å². The van der Waals surface area contributed by atoms with Crippen LogP contribution in [0, 0.1) is 12.7 Å². The molecule has 0 unspecified atom stereocenters. The highest BCUT2D eigenvalue weighted by molar-refractivity contribution is 5.94. The summed E-state index contributed by atoms with van der Waals surface area (Å²) >= 11 is 0. The predicted octanol–water partition coefficient (Wildman–Crippen LogP) is 4.84. The van der Waals surface area contributed by atoms with E-state index in [4.69, 9.17) is 4.52 Å². The average molecular weight is 427 g/mol. The fourth-order valence-electron chi connectivity index (χ4n) is 3.42. The molecular weight excluding hydrogens is 409 g/mol. The van der Waals surface area contributed by atoms with Crippen LogP contribution in [0.2, 0.25) is 0 Å². The van der Waals surface area contributed by atoms with Crippen molar-refractivity contribution in [1.29, 1.82) is 0 Å². The lowest BCUT2D eigenvalue weighted by atomic mass is 10.1. The Kier molecular flexibility index (Phi) is 4.95. The number of rotatable bonds is 5. The fraction of sp³-hybridized carbons (Fsp3) is 0.0833. The Morgan fingerprint density at radius 2 is 1.78 bits per heavy atom. The van der Waals surface area contributed by atoms with Crippen molar-refractivity contribution in [1.82, 2.24) is 19.9 Å². The molecule has 0 saturated carbocycles. The molecule has 2 heterocycles. The second-order valence-electron chi connectivity index (χ2n) is 7.37. The van der Waals surface area contributed by atoms with Gasteiger partial charge in [0.05, 0.1) is 5.52 Å². The number of halogens is 1. The molecule has 0 saturated heterocycles. The van der Waals surface area contributed by atoms with Gasteiger partial charge in [0.2, 0.25) is 11.7 Å². The van der Waals surface area contributed by atoms with Crippen molar-refractivity contribution in [2.75, 3.05) is 5.32 Å². The fourth-order valence-corrected chi connectivity index (χ4v) is 3.42. The van der Waals surface area contributed by atoms with E-state index < -0.39 is 0 Å². The molecule has 0 radical (unpaired) electrons. The molecule has 0 aliphatic carbocycles. The molecule has 0 aliphatic heterocycles. The summed E-state index contributed by atoms with van der Waals surface area (Å²) in [6.07, 6.45) is 0. The third kappa shape index (κ3) is 3.85. The Balaban J connectivity index is 1.45. The van der Waals surface area contributed by atoms with Crippen LogP contribution >= 0.6 is 0 Å². The van der Waals surface area contributed by atoms with Gasteiger partial charge in [0.25, 0.3) is 5.89 Å². The van der Waals surface area contributed by atoms with Crippen molar-refractivity contribution in [2.24, 2.45) is 0 Å². The summed E-state index contributed by atoms with van der Waals surface area (Å²) in [5, 5.41) is 12.2. The molecule has 5 rings (SSSR count). The molecule has 7 nitrogen and oxygen atoms in total. The standard InChI is InChI=1S/C24H18FN5O2/c1-15-6-8-16(9-7-15)23-27-24(32-29-23)22-19-4-2-3-5-20(19)30(28-22)14-21(31)26-18-12-10-17(25)11-13-18/h2-13H,14H2,1H3,(H,26,31). The largest absolute Gasteiger partial charge is 0.332 e. The molecule has 1 amide bonds. The monoisotopic (exact) mass is 427 g/mol. The molecule has 0 fully saturated rings. The van der Waals surface area contributed by atoms with E-state index in [-0.39, 0.29) is 24.2 Å². The van der Waals surface area contributed by atoms with E-state index in [1.807, 2.05) is 55.5 Å². The number of hydrogen-bond acceptors (Lipinski definition) is 5. The van der Waals surface area contributed by atoms with E-state index >= 15 is 0 Å². The van der Waals surface area contributed by atoms with E-state index in [0.29, 0.717) is 17.2 Å². The zero-order valence-electron chi connectivity index (χ0n) is 17.1. The highest BCUT2D eigenvalue weighted by atomic mass is 19.1. The van der Waals surface area contributed by atoms with Crippen LogP contribution in [0.1, 0.15) is 5.56 Å². The van der Waals surface area contributed by atoms with Crippen molar-refractivity contribution in [3.8, 4) is 23.0 Å². The zero-order valence-corrected chi connectivity index (χ0v) is 17.1. The number of fused-ring (bicyclic) bond motifs is 1. The molecule has 3 aromatic carbocycles. The first kappa shape index (κ1) is 19.6. The average Bonchev–Trinajstić information content (AvgIpc) is 3.41. The summed E-state index contributed by atoms with van der Waals surface area (Å²) < 4.78 is 20.2. The third-order valence-corrected chi connectivity index (χ3v) is 5.02. The molecule has 158 valence electrons. The molecule has 2 aromatic heterocycles. The molecule has 8 heteroatoms. The minimum atomic E-state index is -0.365. The van der Waals surface area contributed by atoms with Gasteiger partial charge in [-0.1, -0.05) is 53.2 Å². The first-order valence-corrected chi connectivity index (χ1v) is 9.99. The molecular formula is C24H18FN5O2. The molecule has 32 heavy (non-hydrogen) atoms. The number of carbonyl (C=O) groups excluding carboxylic acids is 1. The Labute approximate surface area is 182 Å². The van der Waals surface area contributed by atoms with E-state index in [1.165, 1.54) is 24.3 Å². The van der Waals surface area contributed by atoms with E-state index in [1.54, 1.807) is 4.68 Å². The minimum Gasteiger partial charge on any atom is -0.332 e. The maximum atomic E-state index is 13.1. The molecule has 5 aromatic rings. The summed E-state index contributed by atoms with van der Waals surface area (Å²) in [6, 6.07) is 20.9. The number of anilines is 1. The van der Waals surface area contributed by atoms with Crippen LogP contribution in [-0.2, 0) is 11.3 Å². The highest BCUT2D eigenvalue weighted by Crippen LogP contribution is 2.28. The van der Waals surface area contributed by atoms with Gasteiger partial charge in [-0.3, -0.25) is 9.48 Å². The smallest absolute Gasteiger partial charge is 0.279 e. The first-order valence-electron chi connectivity index (χ1n) is 9.99. The predicted molar refractivity (Wildman–Crippen MR) is 118 cm³/mol. The lowest BCUT2D eigenvalue weighted by Crippen LogP contribution is -2.19. The van der Waals surface area contributed by atoms with Gasteiger partial charge in [0.15, 0.2) is 5.69 Å². The van der Waals surface area contributed by atoms with E-state index in [0.717, 1.165) is 22.0 Å². The quantitative estimate of drug-likeness (QED) is 0.434. The number of aryl methyl sites for hydroxylation is 1. The second-order valence-corrected chi connectivity index (χ2v) is 7.37. The van der Waals surface area contributed by atoms with Crippen molar-refractivity contribution in [2.45, 2.75) is 13.5 Å².